The minimum Gasteiger partial charge on any atom is -0.472 e. The average Bonchev–Trinajstić information content (AvgIpc) is 2.85. The quantitative estimate of drug-likeness (QED) is 0.853. The van der Waals surface area contributed by atoms with Crippen molar-refractivity contribution in [1.82, 2.24) is 15.1 Å². The van der Waals surface area contributed by atoms with Crippen LogP contribution >= 0.6 is 0 Å². The van der Waals surface area contributed by atoms with E-state index < -0.39 is 0 Å². The van der Waals surface area contributed by atoms with Crippen LogP contribution in [0.25, 0.3) is 0 Å². The number of hydrogen-bond acceptors (Lipinski definition) is 3. The van der Waals surface area contributed by atoms with Crippen molar-refractivity contribution >= 4 is 0 Å². The Morgan fingerprint density at radius 2 is 2.38 bits per heavy atom. The smallest absolute Gasteiger partial charge is 0.0935 e. The van der Waals surface area contributed by atoms with E-state index >= 15 is 0 Å². The van der Waals surface area contributed by atoms with Gasteiger partial charge in [0.1, 0.15) is 0 Å². The molecule has 0 spiro atoms. The molecule has 0 amide bonds. The third-order valence-electron chi connectivity index (χ3n) is 2.76. The highest BCUT2D eigenvalue weighted by atomic mass is 16.3. The lowest BCUT2D eigenvalue weighted by molar-refractivity contribution is 0.526. The molecule has 0 aliphatic rings. The summed E-state index contributed by atoms with van der Waals surface area (Å²) in [5.41, 5.74) is 3.43. The van der Waals surface area contributed by atoms with Gasteiger partial charge in [-0.3, -0.25) is 4.68 Å². The van der Waals surface area contributed by atoms with Crippen molar-refractivity contribution in [3.63, 3.8) is 0 Å². The highest BCUT2D eigenvalue weighted by molar-refractivity contribution is 5.17. The molecule has 2 rings (SSSR count). The summed E-state index contributed by atoms with van der Waals surface area (Å²) in [4.78, 5) is 0. The first kappa shape index (κ1) is 11.0. The summed E-state index contributed by atoms with van der Waals surface area (Å²) in [5.74, 6) is 0. The number of likely N-dealkylation sites (N-methyl/N-ethyl adjacent to an activating group) is 1. The van der Waals surface area contributed by atoms with Crippen LogP contribution in [-0.4, -0.2) is 16.8 Å². The minimum atomic E-state index is 0.267. The maximum Gasteiger partial charge on any atom is 0.0935 e. The van der Waals surface area contributed by atoms with Crippen LogP contribution in [0.3, 0.4) is 0 Å². The molecule has 0 aliphatic heterocycles. The van der Waals surface area contributed by atoms with Gasteiger partial charge >= 0.3 is 0 Å². The van der Waals surface area contributed by atoms with E-state index in [-0.39, 0.29) is 6.04 Å². The Labute approximate surface area is 95.3 Å². The van der Waals surface area contributed by atoms with Gasteiger partial charge in [0.2, 0.25) is 0 Å². The molecule has 4 heteroatoms. The second-order valence-electron chi connectivity index (χ2n) is 4.01. The Balaban J connectivity index is 2.19. The fourth-order valence-electron chi connectivity index (χ4n) is 1.96. The van der Waals surface area contributed by atoms with Gasteiger partial charge in [0.25, 0.3) is 0 Å². The molecule has 16 heavy (non-hydrogen) atoms. The topological polar surface area (TPSA) is 43.0 Å². The minimum absolute atomic E-state index is 0.267. The Morgan fingerprint density at radius 3 is 2.88 bits per heavy atom. The number of aromatic nitrogens is 2. The largest absolute Gasteiger partial charge is 0.472 e. The summed E-state index contributed by atoms with van der Waals surface area (Å²) < 4.78 is 7.01. The fraction of sp³-hybridized carbons (Fsp3) is 0.417. The number of hydrogen-bond donors (Lipinski definition) is 1. The van der Waals surface area contributed by atoms with Gasteiger partial charge in [-0.1, -0.05) is 0 Å². The molecule has 2 aromatic heterocycles. The number of aryl methyl sites for hydroxylation is 2. The third-order valence-corrected chi connectivity index (χ3v) is 2.76. The molecule has 0 aliphatic carbocycles. The normalized spacial score (nSPS) is 12.9. The maximum absolute atomic E-state index is 5.08. The van der Waals surface area contributed by atoms with Crippen molar-refractivity contribution in [1.29, 1.82) is 0 Å². The van der Waals surface area contributed by atoms with Crippen LogP contribution < -0.4 is 5.32 Å². The first-order chi connectivity index (χ1) is 7.70. The lowest BCUT2D eigenvalue weighted by Gasteiger charge is -2.15. The van der Waals surface area contributed by atoms with Crippen molar-refractivity contribution < 1.29 is 4.42 Å². The van der Waals surface area contributed by atoms with Gasteiger partial charge in [-0.2, -0.15) is 5.10 Å². The van der Waals surface area contributed by atoms with E-state index in [1.165, 1.54) is 11.3 Å². The molecule has 1 unspecified atom stereocenters. The first-order valence-electron chi connectivity index (χ1n) is 5.39. The molecule has 0 aromatic carbocycles. The molecular formula is C12H17N3O. The van der Waals surface area contributed by atoms with Crippen LogP contribution in [0, 0.1) is 6.92 Å². The number of furan rings is 1. The first-order valence-corrected chi connectivity index (χ1v) is 5.39. The second kappa shape index (κ2) is 4.53. The molecule has 0 saturated heterocycles. The summed E-state index contributed by atoms with van der Waals surface area (Å²) in [7, 11) is 3.94. The number of rotatable bonds is 4. The van der Waals surface area contributed by atoms with Crippen molar-refractivity contribution in [2.24, 2.45) is 7.05 Å². The van der Waals surface area contributed by atoms with Crippen molar-refractivity contribution in [2.45, 2.75) is 19.4 Å². The summed E-state index contributed by atoms with van der Waals surface area (Å²) in [6.45, 7) is 2.01. The predicted octanol–water partition coefficient (Wildman–Crippen LogP) is 1.82. The van der Waals surface area contributed by atoms with Crippen LogP contribution in [0.5, 0.6) is 0 Å². The molecule has 2 heterocycles. The van der Waals surface area contributed by atoms with Crippen LogP contribution in [0.1, 0.15) is 23.0 Å². The lowest BCUT2D eigenvalue weighted by atomic mass is 10.1. The molecule has 1 atom stereocenters. The van der Waals surface area contributed by atoms with E-state index in [2.05, 4.69) is 16.5 Å². The van der Waals surface area contributed by atoms with E-state index in [1.54, 1.807) is 12.5 Å². The van der Waals surface area contributed by atoms with Crippen molar-refractivity contribution in [3.8, 4) is 0 Å². The zero-order chi connectivity index (χ0) is 11.5. The Kier molecular flexibility index (Phi) is 3.10. The number of nitrogens with zero attached hydrogens (tertiary/aromatic N) is 2. The van der Waals surface area contributed by atoms with Crippen LogP contribution in [0.2, 0.25) is 0 Å². The Hall–Kier alpha value is -1.55. The van der Waals surface area contributed by atoms with Crippen LogP contribution in [0.15, 0.2) is 29.1 Å². The molecular weight excluding hydrogens is 202 g/mol. The highest BCUT2D eigenvalue weighted by Crippen LogP contribution is 2.18. The van der Waals surface area contributed by atoms with Crippen LogP contribution in [0.4, 0.5) is 0 Å². The van der Waals surface area contributed by atoms with Gasteiger partial charge in [0, 0.05) is 7.05 Å². The molecule has 86 valence electrons. The SMILES string of the molecule is CNC(Cc1ccoc1)c1cc(C)nn1C. The zero-order valence-electron chi connectivity index (χ0n) is 9.90. The second-order valence-corrected chi connectivity index (χ2v) is 4.01. The van der Waals surface area contributed by atoms with Gasteiger partial charge in [-0.15, -0.1) is 0 Å². The number of nitrogens with one attached hydrogen (secondary N) is 1. The van der Waals surface area contributed by atoms with Gasteiger partial charge in [0.15, 0.2) is 0 Å². The molecule has 0 bridgehead atoms. The molecule has 0 radical (unpaired) electrons. The third kappa shape index (κ3) is 2.17. The Bertz CT molecular complexity index is 445. The van der Waals surface area contributed by atoms with Gasteiger partial charge in [0.05, 0.1) is 30.0 Å². The lowest BCUT2D eigenvalue weighted by Crippen LogP contribution is -2.21. The summed E-state index contributed by atoms with van der Waals surface area (Å²) in [6.07, 6.45) is 4.40. The van der Waals surface area contributed by atoms with E-state index in [4.69, 9.17) is 4.42 Å². The fourth-order valence-corrected chi connectivity index (χ4v) is 1.96. The zero-order valence-corrected chi connectivity index (χ0v) is 9.90. The average molecular weight is 219 g/mol. The van der Waals surface area contributed by atoms with Crippen molar-refractivity contribution in [2.75, 3.05) is 7.05 Å². The molecule has 2 aromatic rings. The van der Waals surface area contributed by atoms with Gasteiger partial charge in [-0.25, -0.2) is 0 Å². The molecule has 4 nitrogen and oxygen atoms in total. The van der Waals surface area contributed by atoms with Gasteiger partial charge in [-0.05, 0) is 38.1 Å². The van der Waals surface area contributed by atoms with Crippen LogP contribution in [-0.2, 0) is 13.5 Å². The maximum atomic E-state index is 5.08. The molecule has 0 fully saturated rings. The summed E-state index contributed by atoms with van der Waals surface area (Å²) in [5, 5.41) is 7.67. The summed E-state index contributed by atoms with van der Waals surface area (Å²) in [6, 6.07) is 4.37. The van der Waals surface area contributed by atoms with E-state index in [9.17, 15) is 0 Å². The standard InChI is InChI=1S/C12H17N3O/c1-9-6-12(15(3)14-9)11(13-2)7-10-4-5-16-8-10/h4-6,8,11,13H,7H2,1-3H3. The highest BCUT2D eigenvalue weighted by Gasteiger charge is 2.15. The monoisotopic (exact) mass is 219 g/mol. The van der Waals surface area contributed by atoms with E-state index in [1.807, 2.05) is 31.8 Å². The van der Waals surface area contributed by atoms with E-state index in [0.717, 1.165) is 12.1 Å². The molecule has 1 N–H and O–H groups in total. The Morgan fingerprint density at radius 1 is 1.56 bits per heavy atom. The summed E-state index contributed by atoms with van der Waals surface area (Å²) >= 11 is 0. The predicted molar refractivity (Wildman–Crippen MR) is 62.2 cm³/mol. The van der Waals surface area contributed by atoms with Gasteiger partial charge < -0.3 is 9.73 Å². The van der Waals surface area contributed by atoms with Crippen molar-refractivity contribution in [3.05, 3.63) is 41.6 Å². The molecule has 0 saturated carbocycles. The van der Waals surface area contributed by atoms with E-state index in [0.29, 0.717) is 0 Å².